The van der Waals surface area contributed by atoms with Gasteiger partial charge in [0.15, 0.2) is 5.82 Å². The zero-order valence-corrected chi connectivity index (χ0v) is 11.1. The van der Waals surface area contributed by atoms with Crippen molar-refractivity contribution in [3.05, 3.63) is 29.8 Å². The maximum atomic E-state index is 13.8. The van der Waals surface area contributed by atoms with Crippen LogP contribution in [0.5, 0.6) is 0 Å². The number of para-hydroxylation sites is 1. The molecule has 0 amide bonds. The summed E-state index contributed by atoms with van der Waals surface area (Å²) in [6.07, 6.45) is 3.78. The van der Waals surface area contributed by atoms with Gasteiger partial charge in [0.1, 0.15) is 11.3 Å². The molecule has 2 bridgehead atoms. The molecule has 3 nitrogen and oxygen atoms in total. The first-order valence-electron chi connectivity index (χ1n) is 6.64. The first kappa shape index (κ1) is 11.7. The Kier molecular flexibility index (Phi) is 2.57. The van der Waals surface area contributed by atoms with Gasteiger partial charge in [-0.25, -0.2) is 9.37 Å². The van der Waals surface area contributed by atoms with E-state index in [1.807, 2.05) is 6.07 Å². The predicted octanol–water partition coefficient (Wildman–Crippen LogP) is 3.41. The van der Waals surface area contributed by atoms with E-state index in [-0.39, 0.29) is 18.0 Å². The third kappa shape index (κ3) is 1.63. The third-order valence-corrected chi connectivity index (χ3v) is 4.51. The molecule has 2 fully saturated rings. The largest absolute Gasteiger partial charge is 0.373 e. The van der Waals surface area contributed by atoms with Gasteiger partial charge >= 0.3 is 0 Å². The number of nitrogens with zero attached hydrogens (tertiary/aromatic N) is 2. The lowest BCUT2D eigenvalue weighted by atomic mass is 9.95. The van der Waals surface area contributed by atoms with E-state index in [2.05, 4.69) is 9.55 Å². The van der Waals surface area contributed by atoms with Crippen molar-refractivity contribution in [2.24, 2.45) is 0 Å². The summed E-state index contributed by atoms with van der Waals surface area (Å²) < 4.78 is 21.8. The van der Waals surface area contributed by atoms with Crippen LogP contribution in [0.2, 0.25) is 0 Å². The zero-order valence-electron chi connectivity index (χ0n) is 10.4. The fourth-order valence-electron chi connectivity index (χ4n) is 3.48. The van der Waals surface area contributed by atoms with Crippen molar-refractivity contribution in [1.29, 1.82) is 0 Å². The minimum Gasteiger partial charge on any atom is -0.373 e. The van der Waals surface area contributed by atoms with Crippen molar-refractivity contribution in [3.63, 3.8) is 0 Å². The maximum Gasteiger partial charge on any atom is 0.151 e. The van der Waals surface area contributed by atoms with Crippen LogP contribution in [0.4, 0.5) is 4.39 Å². The molecule has 0 radical (unpaired) electrons. The smallest absolute Gasteiger partial charge is 0.151 e. The monoisotopic (exact) mass is 280 g/mol. The summed E-state index contributed by atoms with van der Waals surface area (Å²) in [6, 6.07) is 5.32. The summed E-state index contributed by atoms with van der Waals surface area (Å²) in [7, 11) is 0. The van der Waals surface area contributed by atoms with E-state index >= 15 is 0 Å². The molecule has 0 spiro atoms. The van der Waals surface area contributed by atoms with Gasteiger partial charge in [0.25, 0.3) is 0 Å². The van der Waals surface area contributed by atoms with Gasteiger partial charge in [-0.15, -0.1) is 11.6 Å². The van der Waals surface area contributed by atoms with Gasteiger partial charge in [0, 0.05) is 0 Å². The van der Waals surface area contributed by atoms with Gasteiger partial charge in [-0.2, -0.15) is 0 Å². The number of imidazole rings is 1. The summed E-state index contributed by atoms with van der Waals surface area (Å²) in [5.74, 6) is 0.747. The van der Waals surface area contributed by atoms with Crippen LogP contribution in [0.3, 0.4) is 0 Å². The van der Waals surface area contributed by atoms with Crippen LogP contribution >= 0.6 is 11.6 Å². The molecule has 5 heteroatoms. The fourth-order valence-corrected chi connectivity index (χ4v) is 3.67. The summed E-state index contributed by atoms with van der Waals surface area (Å²) in [4.78, 5) is 4.36. The molecule has 4 rings (SSSR count). The highest BCUT2D eigenvalue weighted by Gasteiger charge is 2.42. The highest BCUT2D eigenvalue weighted by molar-refractivity contribution is 6.16. The molecule has 19 heavy (non-hydrogen) atoms. The van der Waals surface area contributed by atoms with E-state index in [0.29, 0.717) is 17.5 Å². The SMILES string of the molecule is Fc1cccc2c1nc(CCl)n2C1CC2CCC1O2. The normalized spacial score (nSPS) is 29.5. The molecule has 1 aromatic carbocycles. The van der Waals surface area contributed by atoms with Crippen molar-refractivity contribution in [2.45, 2.75) is 43.4 Å². The third-order valence-electron chi connectivity index (χ3n) is 4.27. The van der Waals surface area contributed by atoms with Crippen LogP contribution in [0, 0.1) is 5.82 Å². The number of rotatable bonds is 2. The molecule has 2 aromatic rings. The standard InChI is InChI=1S/C14H14ClFN2O/c15-7-13-17-14-9(16)2-1-3-10(14)18(13)11-6-8-4-5-12(11)19-8/h1-3,8,11-12H,4-7H2. The second-order valence-electron chi connectivity index (χ2n) is 5.32. The molecular formula is C14H14ClFN2O. The van der Waals surface area contributed by atoms with Gasteiger partial charge in [0.05, 0.1) is 29.6 Å². The molecule has 2 saturated heterocycles. The molecule has 0 N–H and O–H groups in total. The highest BCUT2D eigenvalue weighted by atomic mass is 35.5. The molecule has 3 unspecified atom stereocenters. The number of benzene rings is 1. The quantitative estimate of drug-likeness (QED) is 0.788. The van der Waals surface area contributed by atoms with Crippen LogP contribution in [-0.2, 0) is 10.6 Å². The molecule has 0 aliphatic carbocycles. The Balaban J connectivity index is 1.90. The average molecular weight is 281 g/mol. The van der Waals surface area contributed by atoms with Crippen LogP contribution in [0.15, 0.2) is 18.2 Å². The van der Waals surface area contributed by atoms with Gasteiger partial charge in [0.2, 0.25) is 0 Å². The fraction of sp³-hybridized carbons (Fsp3) is 0.500. The lowest BCUT2D eigenvalue weighted by Gasteiger charge is -2.22. The summed E-state index contributed by atoms with van der Waals surface area (Å²) in [5, 5.41) is 0. The lowest BCUT2D eigenvalue weighted by molar-refractivity contribution is 0.0940. The maximum absolute atomic E-state index is 13.8. The van der Waals surface area contributed by atoms with E-state index in [9.17, 15) is 4.39 Å². The van der Waals surface area contributed by atoms with Crippen LogP contribution in [0.1, 0.15) is 31.1 Å². The summed E-state index contributed by atoms with van der Waals surface area (Å²) >= 11 is 5.99. The van der Waals surface area contributed by atoms with E-state index in [1.165, 1.54) is 6.07 Å². The van der Waals surface area contributed by atoms with E-state index in [4.69, 9.17) is 16.3 Å². The molecule has 3 atom stereocenters. The van der Waals surface area contributed by atoms with Crippen molar-refractivity contribution in [1.82, 2.24) is 9.55 Å². The van der Waals surface area contributed by atoms with Gasteiger partial charge < -0.3 is 9.30 Å². The molecule has 0 saturated carbocycles. The Labute approximate surface area is 115 Å². The van der Waals surface area contributed by atoms with Crippen molar-refractivity contribution in [3.8, 4) is 0 Å². The first-order valence-corrected chi connectivity index (χ1v) is 7.18. The minimum atomic E-state index is -0.285. The Morgan fingerprint density at radius 3 is 3.00 bits per heavy atom. The van der Waals surface area contributed by atoms with Crippen LogP contribution in [-0.4, -0.2) is 21.8 Å². The Hall–Kier alpha value is -1.13. The van der Waals surface area contributed by atoms with Gasteiger partial charge in [-0.05, 0) is 31.4 Å². The number of fused-ring (bicyclic) bond motifs is 3. The lowest BCUT2D eigenvalue weighted by Crippen LogP contribution is -2.22. The Bertz CT molecular complexity index is 642. The van der Waals surface area contributed by atoms with Crippen LogP contribution < -0.4 is 0 Å². The molecule has 100 valence electrons. The molecular weight excluding hydrogens is 267 g/mol. The molecule has 2 aliphatic heterocycles. The number of ether oxygens (including phenoxy) is 1. The Morgan fingerprint density at radius 2 is 2.32 bits per heavy atom. The molecule has 1 aromatic heterocycles. The van der Waals surface area contributed by atoms with Gasteiger partial charge in [-0.1, -0.05) is 6.07 Å². The second kappa shape index (κ2) is 4.18. The summed E-state index contributed by atoms with van der Waals surface area (Å²) in [5.41, 5.74) is 1.25. The number of aromatic nitrogens is 2. The predicted molar refractivity (Wildman–Crippen MR) is 70.8 cm³/mol. The van der Waals surface area contributed by atoms with E-state index in [1.54, 1.807) is 6.07 Å². The second-order valence-corrected chi connectivity index (χ2v) is 5.58. The average Bonchev–Trinajstić information content (AvgIpc) is 3.11. The van der Waals surface area contributed by atoms with Crippen molar-refractivity contribution < 1.29 is 9.13 Å². The van der Waals surface area contributed by atoms with Crippen LogP contribution in [0.25, 0.3) is 11.0 Å². The molecule has 2 aliphatic rings. The van der Waals surface area contributed by atoms with Crippen molar-refractivity contribution in [2.75, 3.05) is 0 Å². The topological polar surface area (TPSA) is 27.1 Å². The zero-order chi connectivity index (χ0) is 13.0. The summed E-state index contributed by atoms with van der Waals surface area (Å²) in [6.45, 7) is 0. The van der Waals surface area contributed by atoms with E-state index in [0.717, 1.165) is 30.6 Å². The number of hydrogen-bond donors (Lipinski definition) is 0. The van der Waals surface area contributed by atoms with Gasteiger partial charge in [-0.3, -0.25) is 0 Å². The number of halogens is 2. The number of alkyl halides is 1. The highest BCUT2D eigenvalue weighted by Crippen LogP contribution is 2.43. The van der Waals surface area contributed by atoms with Crippen molar-refractivity contribution >= 4 is 22.6 Å². The Morgan fingerprint density at radius 1 is 1.42 bits per heavy atom. The van der Waals surface area contributed by atoms with E-state index < -0.39 is 0 Å². The first-order chi connectivity index (χ1) is 9.28. The molecule has 3 heterocycles. The minimum absolute atomic E-state index is 0.229. The number of hydrogen-bond acceptors (Lipinski definition) is 2.